The number of hydrogen-bond acceptors (Lipinski definition) is 5. The SMILES string of the molecule is C/C(=N/NC(=O)C(N)=O)c1ccc(S(=O)(=O)N2CCCCC2)cc1. The number of sulfonamides is 1. The maximum absolute atomic E-state index is 12.5. The highest BCUT2D eigenvalue weighted by Gasteiger charge is 2.25. The molecule has 0 saturated carbocycles. The molecule has 1 aliphatic heterocycles. The number of amides is 2. The first-order valence-corrected chi connectivity index (χ1v) is 9.01. The Balaban J connectivity index is 2.13. The van der Waals surface area contributed by atoms with E-state index < -0.39 is 21.8 Å². The molecule has 0 bridgehead atoms. The van der Waals surface area contributed by atoms with E-state index in [0.717, 1.165) is 19.3 Å². The van der Waals surface area contributed by atoms with Gasteiger partial charge in [0, 0.05) is 13.1 Å². The average Bonchev–Trinajstić information content (AvgIpc) is 2.60. The number of rotatable bonds is 4. The number of nitrogens with zero attached hydrogens (tertiary/aromatic N) is 2. The number of nitrogens with one attached hydrogen (secondary N) is 1. The zero-order valence-electron chi connectivity index (χ0n) is 13.4. The predicted molar refractivity (Wildman–Crippen MR) is 88.6 cm³/mol. The second-order valence-corrected chi connectivity index (χ2v) is 7.43. The third-order valence-electron chi connectivity index (χ3n) is 3.77. The lowest BCUT2D eigenvalue weighted by Crippen LogP contribution is -2.35. The van der Waals surface area contributed by atoms with E-state index in [1.54, 1.807) is 19.1 Å². The Bertz CT molecular complexity index is 750. The van der Waals surface area contributed by atoms with Gasteiger partial charge in [0.25, 0.3) is 0 Å². The van der Waals surface area contributed by atoms with E-state index in [2.05, 4.69) is 5.10 Å². The summed E-state index contributed by atoms with van der Waals surface area (Å²) in [4.78, 5) is 21.9. The van der Waals surface area contributed by atoms with Crippen LogP contribution in [0, 0.1) is 0 Å². The molecule has 1 fully saturated rings. The molecule has 3 N–H and O–H groups in total. The monoisotopic (exact) mass is 352 g/mol. The van der Waals surface area contributed by atoms with Crippen LogP contribution in [0.4, 0.5) is 0 Å². The van der Waals surface area contributed by atoms with Crippen molar-refractivity contribution in [3.63, 3.8) is 0 Å². The molecule has 1 saturated heterocycles. The number of hydrogen-bond donors (Lipinski definition) is 2. The summed E-state index contributed by atoms with van der Waals surface area (Å²) in [6.45, 7) is 2.71. The molecular formula is C15H20N4O4S. The van der Waals surface area contributed by atoms with E-state index in [1.807, 2.05) is 5.43 Å². The molecule has 9 heteroatoms. The van der Waals surface area contributed by atoms with Crippen molar-refractivity contribution in [3.8, 4) is 0 Å². The number of carbonyl (C=O) groups is 2. The Labute approximate surface area is 140 Å². The number of carbonyl (C=O) groups excluding carboxylic acids is 2. The van der Waals surface area contributed by atoms with Crippen molar-refractivity contribution in [2.24, 2.45) is 10.8 Å². The fraction of sp³-hybridized carbons (Fsp3) is 0.400. The van der Waals surface area contributed by atoms with E-state index in [9.17, 15) is 18.0 Å². The molecule has 1 aromatic carbocycles. The minimum atomic E-state index is -3.48. The number of nitrogens with two attached hydrogens (primary N) is 1. The zero-order valence-corrected chi connectivity index (χ0v) is 14.2. The zero-order chi connectivity index (χ0) is 17.7. The average molecular weight is 352 g/mol. The third kappa shape index (κ3) is 4.18. The third-order valence-corrected chi connectivity index (χ3v) is 5.69. The van der Waals surface area contributed by atoms with Gasteiger partial charge in [-0.15, -0.1) is 0 Å². The van der Waals surface area contributed by atoms with Crippen molar-refractivity contribution in [2.75, 3.05) is 13.1 Å². The van der Waals surface area contributed by atoms with Gasteiger partial charge in [-0.05, 0) is 37.5 Å². The molecule has 0 radical (unpaired) electrons. The Morgan fingerprint density at radius 3 is 2.25 bits per heavy atom. The van der Waals surface area contributed by atoms with Gasteiger partial charge >= 0.3 is 11.8 Å². The Morgan fingerprint density at radius 2 is 1.71 bits per heavy atom. The minimum absolute atomic E-state index is 0.224. The van der Waals surface area contributed by atoms with E-state index in [1.165, 1.54) is 16.4 Å². The first-order valence-electron chi connectivity index (χ1n) is 7.57. The second kappa shape index (κ2) is 7.54. The second-order valence-electron chi connectivity index (χ2n) is 5.49. The van der Waals surface area contributed by atoms with Crippen LogP contribution in [0.5, 0.6) is 0 Å². The van der Waals surface area contributed by atoms with Gasteiger partial charge in [0.15, 0.2) is 0 Å². The molecule has 2 rings (SSSR count). The van der Waals surface area contributed by atoms with Crippen LogP contribution in [0.3, 0.4) is 0 Å². The van der Waals surface area contributed by atoms with Gasteiger partial charge in [0.1, 0.15) is 0 Å². The topological polar surface area (TPSA) is 122 Å². The largest absolute Gasteiger partial charge is 0.361 e. The van der Waals surface area contributed by atoms with E-state index >= 15 is 0 Å². The maximum Gasteiger partial charge on any atom is 0.329 e. The maximum atomic E-state index is 12.5. The number of hydrazone groups is 1. The molecule has 8 nitrogen and oxygen atoms in total. The summed E-state index contributed by atoms with van der Waals surface area (Å²) >= 11 is 0. The van der Waals surface area contributed by atoms with Crippen LogP contribution < -0.4 is 11.2 Å². The summed E-state index contributed by atoms with van der Waals surface area (Å²) < 4.78 is 26.6. The molecule has 0 atom stereocenters. The van der Waals surface area contributed by atoms with Crippen molar-refractivity contribution in [3.05, 3.63) is 29.8 Å². The normalized spacial score (nSPS) is 16.6. The summed E-state index contributed by atoms with van der Waals surface area (Å²) in [5, 5.41) is 3.75. The fourth-order valence-electron chi connectivity index (χ4n) is 2.38. The van der Waals surface area contributed by atoms with Crippen molar-refractivity contribution in [2.45, 2.75) is 31.1 Å². The molecule has 0 aromatic heterocycles. The van der Waals surface area contributed by atoms with Crippen molar-refractivity contribution >= 4 is 27.5 Å². The lowest BCUT2D eigenvalue weighted by Gasteiger charge is -2.25. The van der Waals surface area contributed by atoms with Gasteiger partial charge in [0.05, 0.1) is 10.6 Å². The Hall–Kier alpha value is -2.26. The quantitative estimate of drug-likeness (QED) is 0.456. The molecule has 24 heavy (non-hydrogen) atoms. The Kier molecular flexibility index (Phi) is 5.68. The fourth-order valence-corrected chi connectivity index (χ4v) is 3.89. The van der Waals surface area contributed by atoms with Crippen LogP contribution >= 0.6 is 0 Å². The lowest BCUT2D eigenvalue weighted by molar-refractivity contribution is -0.137. The number of benzene rings is 1. The van der Waals surface area contributed by atoms with Gasteiger partial charge in [-0.25, -0.2) is 13.8 Å². The molecule has 0 unspecified atom stereocenters. The highest BCUT2D eigenvalue weighted by Crippen LogP contribution is 2.20. The molecule has 2 amide bonds. The van der Waals surface area contributed by atoms with Gasteiger partial charge in [-0.3, -0.25) is 9.59 Å². The summed E-state index contributed by atoms with van der Waals surface area (Å²) in [7, 11) is -3.48. The van der Waals surface area contributed by atoms with Crippen molar-refractivity contribution in [1.29, 1.82) is 0 Å². The summed E-state index contributed by atoms with van der Waals surface area (Å²) in [5.41, 5.74) is 7.88. The first-order chi connectivity index (χ1) is 11.3. The summed E-state index contributed by atoms with van der Waals surface area (Å²) in [6.07, 6.45) is 2.81. The molecule has 1 heterocycles. The van der Waals surface area contributed by atoms with E-state index in [0.29, 0.717) is 24.4 Å². The van der Waals surface area contributed by atoms with E-state index in [4.69, 9.17) is 5.73 Å². The predicted octanol–water partition coefficient (Wildman–Crippen LogP) is 0.187. The summed E-state index contributed by atoms with van der Waals surface area (Å²) in [6, 6.07) is 6.22. The Morgan fingerprint density at radius 1 is 1.12 bits per heavy atom. The molecular weight excluding hydrogens is 332 g/mol. The van der Waals surface area contributed by atoms with Crippen molar-refractivity contribution < 1.29 is 18.0 Å². The van der Waals surface area contributed by atoms with Gasteiger partial charge in [-0.1, -0.05) is 18.6 Å². The van der Waals surface area contributed by atoms with E-state index in [-0.39, 0.29) is 4.90 Å². The standard InChI is InChI=1S/C15H20N4O4S/c1-11(17-18-15(21)14(16)20)12-5-7-13(8-6-12)24(22,23)19-9-3-2-4-10-19/h5-8H,2-4,9-10H2,1H3,(H2,16,20)(H,18,21)/b17-11-. The minimum Gasteiger partial charge on any atom is -0.361 e. The highest BCUT2D eigenvalue weighted by atomic mass is 32.2. The number of piperidine rings is 1. The first kappa shape index (κ1) is 18.1. The molecule has 1 aromatic rings. The van der Waals surface area contributed by atoms with Crippen LogP contribution in [0.15, 0.2) is 34.3 Å². The van der Waals surface area contributed by atoms with Crippen molar-refractivity contribution in [1.82, 2.24) is 9.73 Å². The van der Waals surface area contributed by atoms with Crippen LogP contribution in [-0.4, -0.2) is 43.3 Å². The summed E-state index contributed by atoms with van der Waals surface area (Å²) in [5.74, 6) is -2.15. The lowest BCUT2D eigenvalue weighted by atomic mass is 10.1. The van der Waals surface area contributed by atoms with Crippen LogP contribution in [-0.2, 0) is 19.6 Å². The van der Waals surface area contributed by atoms with Gasteiger partial charge in [-0.2, -0.15) is 9.41 Å². The van der Waals surface area contributed by atoms with Crippen LogP contribution in [0.1, 0.15) is 31.7 Å². The van der Waals surface area contributed by atoms with Crippen LogP contribution in [0.25, 0.3) is 0 Å². The highest BCUT2D eigenvalue weighted by molar-refractivity contribution is 7.89. The molecule has 0 aliphatic carbocycles. The van der Waals surface area contributed by atoms with Crippen LogP contribution in [0.2, 0.25) is 0 Å². The molecule has 130 valence electrons. The van der Waals surface area contributed by atoms with Gasteiger partial charge in [0.2, 0.25) is 10.0 Å². The smallest absolute Gasteiger partial charge is 0.329 e. The molecule has 0 spiro atoms. The number of primary amides is 1. The molecule has 1 aliphatic rings. The van der Waals surface area contributed by atoms with Gasteiger partial charge < -0.3 is 5.73 Å².